The number of carbonyl (C=O) groups is 1. The minimum atomic E-state index is -1.29. The molecule has 1 unspecified atom stereocenters. The van der Waals surface area contributed by atoms with E-state index in [1.807, 2.05) is 38.1 Å². The number of anilines is 1. The molecular weight excluding hydrogens is 440 g/mol. The van der Waals surface area contributed by atoms with Gasteiger partial charge in [0.05, 0.1) is 18.8 Å². The lowest BCUT2D eigenvalue weighted by Gasteiger charge is -2.33. The van der Waals surface area contributed by atoms with E-state index in [1.165, 1.54) is 0 Å². The molecule has 1 aliphatic rings. The third kappa shape index (κ3) is 4.22. The van der Waals surface area contributed by atoms with Crippen LogP contribution in [-0.4, -0.2) is 37.3 Å². The number of ether oxygens (including phenoxy) is 3. The van der Waals surface area contributed by atoms with E-state index >= 15 is 0 Å². The van der Waals surface area contributed by atoms with Crippen molar-refractivity contribution in [3.8, 4) is 11.5 Å². The molecule has 2 heterocycles. The van der Waals surface area contributed by atoms with E-state index in [0.717, 1.165) is 41.9 Å². The predicted molar refractivity (Wildman–Crippen MR) is 138 cm³/mol. The second kappa shape index (κ2) is 10.4. The van der Waals surface area contributed by atoms with Gasteiger partial charge in [0, 0.05) is 42.2 Å². The molecule has 0 saturated carbocycles. The van der Waals surface area contributed by atoms with Crippen LogP contribution in [0.1, 0.15) is 67.4 Å². The van der Waals surface area contributed by atoms with Crippen molar-refractivity contribution in [2.45, 2.75) is 46.6 Å². The lowest BCUT2D eigenvalue weighted by molar-refractivity contribution is 0.0228. The minimum absolute atomic E-state index is 0.412. The van der Waals surface area contributed by atoms with E-state index < -0.39 is 11.6 Å². The number of hydrogen-bond acceptors (Lipinski definition) is 6. The normalized spacial score (nSPS) is 16.5. The molecule has 0 bridgehead atoms. The van der Waals surface area contributed by atoms with Gasteiger partial charge in [0.1, 0.15) is 17.2 Å². The zero-order valence-corrected chi connectivity index (χ0v) is 21.3. The molecule has 1 aliphatic heterocycles. The molecule has 1 atom stereocenters. The van der Waals surface area contributed by atoms with Crippen LogP contribution in [0.25, 0.3) is 0 Å². The summed E-state index contributed by atoms with van der Waals surface area (Å²) in [4.78, 5) is 20.1. The number of carbonyl (C=O) groups excluding carboxylic acids is 1. The Morgan fingerprint density at radius 2 is 1.54 bits per heavy atom. The topological polar surface area (TPSA) is 60.9 Å². The van der Waals surface area contributed by atoms with Crippen LogP contribution in [-0.2, 0) is 16.8 Å². The maximum Gasteiger partial charge on any atom is 0.341 e. The Morgan fingerprint density at radius 1 is 0.886 bits per heavy atom. The molecule has 0 spiro atoms. The Balaban J connectivity index is 2.05. The van der Waals surface area contributed by atoms with Crippen molar-refractivity contribution in [3.05, 3.63) is 82.7 Å². The second-order valence-electron chi connectivity index (χ2n) is 8.37. The molecule has 3 aromatic rings. The fourth-order valence-corrected chi connectivity index (χ4v) is 4.82. The predicted octanol–water partition coefficient (Wildman–Crippen LogP) is 5.75. The zero-order chi connectivity index (χ0) is 25.0. The fraction of sp³-hybridized carbons (Fsp3) is 0.379. The molecule has 184 valence electrons. The van der Waals surface area contributed by atoms with Gasteiger partial charge in [-0.1, -0.05) is 19.1 Å². The summed E-state index contributed by atoms with van der Waals surface area (Å²) in [6, 6.07) is 15.7. The number of hydrogen-bond donors (Lipinski definition) is 0. The molecule has 0 radical (unpaired) electrons. The van der Waals surface area contributed by atoms with Crippen molar-refractivity contribution < 1.29 is 19.0 Å². The van der Waals surface area contributed by atoms with Gasteiger partial charge in [-0.25, -0.2) is 4.79 Å². The monoisotopic (exact) mass is 474 g/mol. The number of aromatic nitrogens is 1. The number of rotatable bonds is 10. The molecular formula is C29H34N2O4. The smallest absolute Gasteiger partial charge is 0.341 e. The van der Waals surface area contributed by atoms with Gasteiger partial charge in [0.25, 0.3) is 0 Å². The SMILES string of the molecule is CCOc1cc(CC)ccc1C1(c2ccc(N(CC)CC)cc2OCC)OC(=O)c2cccnc21. The Bertz CT molecular complexity index is 1210. The van der Waals surface area contributed by atoms with E-state index in [1.54, 1.807) is 18.3 Å². The summed E-state index contributed by atoms with van der Waals surface area (Å²) >= 11 is 0. The van der Waals surface area contributed by atoms with Gasteiger partial charge in [-0.15, -0.1) is 0 Å². The number of benzene rings is 2. The Morgan fingerprint density at radius 3 is 2.17 bits per heavy atom. The van der Waals surface area contributed by atoms with Crippen LogP contribution in [0.4, 0.5) is 5.69 Å². The molecule has 0 amide bonds. The van der Waals surface area contributed by atoms with Crippen LogP contribution >= 0.6 is 0 Å². The summed E-state index contributed by atoms with van der Waals surface area (Å²) < 4.78 is 18.6. The van der Waals surface area contributed by atoms with Crippen molar-refractivity contribution in [2.24, 2.45) is 0 Å². The molecule has 2 aromatic carbocycles. The van der Waals surface area contributed by atoms with Crippen molar-refractivity contribution in [3.63, 3.8) is 0 Å². The quantitative estimate of drug-likeness (QED) is 0.349. The average Bonchev–Trinajstić information content (AvgIpc) is 3.18. The summed E-state index contributed by atoms with van der Waals surface area (Å²) in [5.41, 5.74) is 3.35. The summed E-state index contributed by atoms with van der Waals surface area (Å²) in [5, 5.41) is 0. The fourth-order valence-electron chi connectivity index (χ4n) is 4.82. The maximum absolute atomic E-state index is 13.2. The maximum atomic E-state index is 13.2. The van der Waals surface area contributed by atoms with Crippen LogP contribution in [0, 0.1) is 0 Å². The summed E-state index contributed by atoms with van der Waals surface area (Å²) in [7, 11) is 0. The highest BCUT2D eigenvalue weighted by Crippen LogP contribution is 2.52. The van der Waals surface area contributed by atoms with Crippen LogP contribution in [0.3, 0.4) is 0 Å². The van der Waals surface area contributed by atoms with Gasteiger partial charge in [-0.3, -0.25) is 4.98 Å². The number of esters is 1. The van der Waals surface area contributed by atoms with Gasteiger partial charge in [-0.05, 0) is 70.0 Å². The summed E-state index contributed by atoms with van der Waals surface area (Å²) in [5.74, 6) is 0.920. The Labute approximate surface area is 207 Å². The van der Waals surface area contributed by atoms with Gasteiger partial charge >= 0.3 is 5.97 Å². The molecule has 0 saturated heterocycles. The van der Waals surface area contributed by atoms with E-state index in [0.29, 0.717) is 36.0 Å². The lowest BCUT2D eigenvalue weighted by Crippen LogP contribution is -2.32. The van der Waals surface area contributed by atoms with E-state index in [-0.39, 0.29) is 0 Å². The number of fused-ring (bicyclic) bond motifs is 1. The first-order valence-electron chi connectivity index (χ1n) is 12.5. The Kier molecular flexibility index (Phi) is 7.29. The Hall–Kier alpha value is -3.54. The average molecular weight is 475 g/mol. The van der Waals surface area contributed by atoms with Crippen LogP contribution < -0.4 is 14.4 Å². The summed E-state index contributed by atoms with van der Waals surface area (Å²) in [6.07, 6.45) is 2.56. The van der Waals surface area contributed by atoms with Gasteiger partial charge in [0.2, 0.25) is 5.60 Å². The molecule has 0 N–H and O–H groups in total. The first-order valence-corrected chi connectivity index (χ1v) is 12.5. The molecule has 0 aliphatic carbocycles. The number of pyridine rings is 1. The third-order valence-electron chi connectivity index (χ3n) is 6.51. The molecule has 6 nitrogen and oxygen atoms in total. The van der Waals surface area contributed by atoms with Crippen molar-refractivity contribution in [2.75, 3.05) is 31.2 Å². The van der Waals surface area contributed by atoms with Crippen LogP contribution in [0.5, 0.6) is 11.5 Å². The standard InChI is InChI=1S/C29H34N2O4/c1-6-20-13-15-23(25(18-20)33-9-4)29(27-22(28(32)35-29)12-11-17-30-27)24-16-14-21(31(7-2)8-3)19-26(24)34-10-5/h11-19H,6-10H2,1-5H3. The highest BCUT2D eigenvalue weighted by molar-refractivity contribution is 5.96. The van der Waals surface area contributed by atoms with Gasteiger partial charge < -0.3 is 19.1 Å². The molecule has 0 fully saturated rings. The second-order valence-corrected chi connectivity index (χ2v) is 8.37. The zero-order valence-electron chi connectivity index (χ0n) is 21.3. The minimum Gasteiger partial charge on any atom is -0.493 e. The molecule has 35 heavy (non-hydrogen) atoms. The van der Waals surface area contributed by atoms with Crippen molar-refractivity contribution in [1.82, 2.24) is 4.98 Å². The first-order chi connectivity index (χ1) is 17.0. The van der Waals surface area contributed by atoms with E-state index in [4.69, 9.17) is 14.2 Å². The molecule has 1 aromatic heterocycles. The molecule has 4 rings (SSSR count). The number of aryl methyl sites for hydroxylation is 1. The van der Waals surface area contributed by atoms with E-state index in [2.05, 4.69) is 42.8 Å². The molecule has 6 heteroatoms. The first kappa shape index (κ1) is 24.6. The lowest BCUT2D eigenvalue weighted by atomic mass is 9.81. The summed E-state index contributed by atoms with van der Waals surface area (Å²) in [6.45, 7) is 13.0. The van der Waals surface area contributed by atoms with Crippen LogP contribution in [0.15, 0.2) is 54.7 Å². The largest absolute Gasteiger partial charge is 0.493 e. The van der Waals surface area contributed by atoms with Gasteiger partial charge in [-0.2, -0.15) is 0 Å². The highest BCUT2D eigenvalue weighted by Gasteiger charge is 2.53. The number of nitrogens with zero attached hydrogens (tertiary/aromatic N) is 2. The third-order valence-corrected chi connectivity index (χ3v) is 6.51. The highest BCUT2D eigenvalue weighted by atomic mass is 16.6. The van der Waals surface area contributed by atoms with Gasteiger partial charge in [0.15, 0.2) is 0 Å². The van der Waals surface area contributed by atoms with Crippen LogP contribution in [0.2, 0.25) is 0 Å². The van der Waals surface area contributed by atoms with E-state index in [9.17, 15) is 4.79 Å². The number of cyclic esters (lactones) is 1. The van der Waals surface area contributed by atoms with Crippen molar-refractivity contribution in [1.29, 1.82) is 0 Å². The van der Waals surface area contributed by atoms with Crippen molar-refractivity contribution >= 4 is 11.7 Å².